The highest BCUT2D eigenvalue weighted by molar-refractivity contribution is 5.98. The van der Waals surface area contributed by atoms with Gasteiger partial charge in [-0.15, -0.1) is 0 Å². The second-order valence-corrected chi connectivity index (χ2v) is 3.46. The van der Waals surface area contributed by atoms with Gasteiger partial charge in [-0.2, -0.15) is 8.78 Å². The second kappa shape index (κ2) is 3.90. The van der Waals surface area contributed by atoms with E-state index in [2.05, 4.69) is 4.74 Å². The third-order valence-electron chi connectivity index (χ3n) is 2.21. The lowest BCUT2D eigenvalue weighted by Crippen LogP contribution is -2.43. The Morgan fingerprint density at radius 3 is 2.71 bits per heavy atom. The van der Waals surface area contributed by atoms with Gasteiger partial charge < -0.3 is 10.1 Å². The molecule has 0 atom stereocenters. The first-order chi connectivity index (χ1) is 7.90. The Hall–Kier alpha value is -1.79. The maximum atomic E-state index is 13.0. The van der Waals surface area contributed by atoms with E-state index in [0.717, 1.165) is 0 Å². The molecule has 3 nitrogen and oxygen atoms in total. The third kappa shape index (κ3) is 2.17. The number of nitrogens with one attached hydrogen (secondary N) is 1. The molecule has 0 aliphatic carbocycles. The summed E-state index contributed by atoms with van der Waals surface area (Å²) in [6.45, 7) is 0. The summed E-state index contributed by atoms with van der Waals surface area (Å²) in [6, 6.07) is 3.93. The highest BCUT2D eigenvalue weighted by atomic mass is 19.3. The molecule has 92 valence electrons. The first-order valence-electron chi connectivity index (χ1n) is 4.68. The van der Waals surface area contributed by atoms with Crippen molar-refractivity contribution in [3.8, 4) is 5.75 Å². The second-order valence-electron chi connectivity index (χ2n) is 3.46. The number of hydrogen-bond donors (Lipinski definition) is 1. The summed E-state index contributed by atoms with van der Waals surface area (Å²) < 4.78 is 54.6. The van der Waals surface area contributed by atoms with Crippen molar-refractivity contribution in [1.29, 1.82) is 0 Å². The molecule has 1 amide bonds. The predicted molar refractivity (Wildman–Crippen MR) is 50.4 cm³/mol. The summed E-state index contributed by atoms with van der Waals surface area (Å²) in [5.74, 6) is -2.02. The summed E-state index contributed by atoms with van der Waals surface area (Å²) in [4.78, 5) is 10.9. The maximum absolute atomic E-state index is 13.0. The molecule has 1 N–H and O–H groups in total. The quantitative estimate of drug-likeness (QED) is 0.817. The van der Waals surface area contributed by atoms with Crippen molar-refractivity contribution >= 4 is 11.6 Å². The Morgan fingerprint density at radius 2 is 2.06 bits per heavy atom. The Balaban J connectivity index is 2.41. The van der Waals surface area contributed by atoms with Crippen molar-refractivity contribution < 1.29 is 27.1 Å². The monoisotopic (exact) mass is 249 g/mol. The predicted octanol–water partition coefficient (Wildman–Crippen LogP) is 2.42. The zero-order chi connectivity index (χ0) is 12.6. The van der Waals surface area contributed by atoms with Crippen molar-refractivity contribution in [1.82, 2.24) is 0 Å². The van der Waals surface area contributed by atoms with Gasteiger partial charge in [0.1, 0.15) is 0 Å². The molecule has 0 bridgehead atoms. The number of para-hydroxylation sites is 1. The van der Waals surface area contributed by atoms with Crippen LogP contribution in [0.4, 0.5) is 23.2 Å². The fraction of sp³-hybridized carbons (Fsp3) is 0.300. The van der Waals surface area contributed by atoms with Gasteiger partial charge in [-0.1, -0.05) is 12.1 Å². The molecule has 1 aliphatic rings. The molecular formula is C10H7F4NO2. The van der Waals surface area contributed by atoms with E-state index in [1.807, 2.05) is 5.32 Å². The summed E-state index contributed by atoms with van der Waals surface area (Å²) >= 11 is 0. The highest BCUT2D eigenvalue weighted by Crippen LogP contribution is 2.38. The fourth-order valence-corrected chi connectivity index (χ4v) is 1.50. The van der Waals surface area contributed by atoms with Crippen molar-refractivity contribution in [2.75, 3.05) is 5.32 Å². The SMILES string of the molecule is O=C1Nc2cccc(CC(F)F)c2OC1(F)F. The summed E-state index contributed by atoms with van der Waals surface area (Å²) in [6.07, 6.45) is -7.43. The molecule has 0 radical (unpaired) electrons. The van der Waals surface area contributed by atoms with Crippen LogP contribution in [0.5, 0.6) is 5.75 Å². The highest BCUT2D eigenvalue weighted by Gasteiger charge is 2.46. The number of halogens is 4. The number of carbonyl (C=O) groups is 1. The molecule has 17 heavy (non-hydrogen) atoms. The van der Waals surface area contributed by atoms with Gasteiger partial charge >= 0.3 is 12.0 Å². The van der Waals surface area contributed by atoms with Crippen LogP contribution in [0.2, 0.25) is 0 Å². The lowest BCUT2D eigenvalue weighted by Gasteiger charge is -2.26. The van der Waals surface area contributed by atoms with E-state index in [0.29, 0.717) is 0 Å². The minimum Gasteiger partial charge on any atom is -0.423 e. The number of fused-ring (bicyclic) bond motifs is 1. The molecule has 1 aromatic rings. The number of carbonyl (C=O) groups excluding carboxylic acids is 1. The molecule has 1 aromatic carbocycles. The molecule has 0 fully saturated rings. The van der Waals surface area contributed by atoms with Gasteiger partial charge in [-0.05, 0) is 6.07 Å². The smallest absolute Gasteiger partial charge is 0.423 e. The van der Waals surface area contributed by atoms with Crippen LogP contribution >= 0.6 is 0 Å². The van der Waals surface area contributed by atoms with Crippen LogP contribution in [0.3, 0.4) is 0 Å². The number of benzene rings is 1. The molecule has 7 heteroatoms. The van der Waals surface area contributed by atoms with E-state index in [9.17, 15) is 22.4 Å². The van der Waals surface area contributed by atoms with E-state index in [4.69, 9.17) is 0 Å². The Kier molecular flexibility index (Phi) is 2.68. The van der Waals surface area contributed by atoms with Gasteiger partial charge in [-0.3, -0.25) is 4.79 Å². The normalized spacial score (nSPS) is 17.4. The molecule has 0 spiro atoms. The molecule has 1 aliphatic heterocycles. The minimum atomic E-state index is -4.04. The molecule has 0 saturated heterocycles. The van der Waals surface area contributed by atoms with E-state index < -0.39 is 30.6 Å². The van der Waals surface area contributed by atoms with Gasteiger partial charge in [0.2, 0.25) is 6.43 Å². The Labute approximate surface area is 93.4 Å². The summed E-state index contributed by atoms with van der Waals surface area (Å²) in [5, 5.41) is 1.90. The van der Waals surface area contributed by atoms with E-state index in [-0.39, 0.29) is 11.3 Å². The van der Waals surface area contributed by atoms with Crippen LogP contribution < -0.4 is 10.1 Å². The summed E-state index contributed by atoms with van der Waals surface area (Å²) in [5.41, 5.74) is -0.101. The van der Waals surface area contributed by atoms with Crippen molar-refractivity contribution in [2.45, 2.75) is 19.0 Å². The number of ether oxygens (including phenoxy) is 1. The van der Waals surface area contributed by atoms with Crippen LogP contribution in [-0.4, -0.2) is 18.4 Å². The van der Waals surface area contributed by atoms with E-state index >= 15 is 0 Å². The Morgan fingerprint density at radius 1 is 1.35 bits per heavy atom. The van der Waals surface area contributed by atoms with E-state index in [1.54, 1.807) is 0 Å². The number of amides is 1. The fourth-order valence-electron chi connectivity index (χ4n) is 1.50. The third-order valence-corrected chi connectivity index (χ3v) is 2.21. The van der Waals surface area contributed by atoms with Crippen LogP contribution in [0.1, 0.15) is 5.56 Å². The van der Waals surface area contributed by atoms with E-state index in [1.165, 1.54) is 18.2 Å². The van der Waals surface area contributed by atoms with Gasteiger partial charge in [0.05, 0.1) is 5.69 Å². The molecular weight excluding hydrogens is 242 g/mol. The molecule has 0 saturated carbocycles. The van der Waals surface area contributed by atoms with Crippen molar-refractivity contribution in [2.24, 2.45) is 0 Å². The largest absolute Gasteiger partial charge is 0.482 e. The zero-order valence-corrected chi connectivity index (χ0v) is 8.34. The van der Waals surface area contributed by atoms with Gasteiger partial charge in [0.25, 0.3) is 0 Å². The molecule has 0 unspecified atom stereocenters. The first kappa shape index (κ1) is 11.7. The standard InChI is InChI=1S/C10H7F4NO2/c11-7(12)4-5-2-1-3-6-8(5)17-10(13,14)9(16)15-6/h1-3,7H,4H2,(H,15,16). The molecule has 1 heterocycles. The minimum absolute atomic E-state index is 0.0286. The number of alkyl halides is 4. The van der Waals surface area contributed by atoms with Crippen LogP contribution in [0.15, 0.2) is 18.2 Å². The first-order valence-corrected chi connectivity index (χ1v) is 4.68. The summed E-state index contributed by atoms with van der Waals surface area (Å²) in [7, 11) is 0. The maximum Gasteiger partial charge on any atom is 0.482 e. The lowest BCUT2D eigenvalue weighted by atomic mass is 10.1. The van der Waals surface area contributed by atoms with Gasteiger partial charge in [-0.25, -0.2) is 8.78 Å². The molecule has 2 rings (SSSR count). The zero-order valence-electron chi connectivity index (χ0n) is 8.34. The van der Waals surface area contributed by atoms with Crippen LogP contribution in [-0.2, 0) is 11.2 Å². The number of anilines is 1. The Bertz CT molecular complexity index is 462. The van der Waals surface area contributed by atoms with Crippen molar-refractivity contribution in [3.05, 3.63) is 23.8 Å². The average molecular weight is 249 g/mol. The number of hydrogen-bond acceptors (Lipinski definition) is 2. The topological polar surface area (TPSA) is 38.3 Å². The number of rotatable bonds is 2. The molecule has 0 aromatic heterocycles. The van der Waals surface area contributed by atoms with Gasteiger partial charge in [0.15, 0.2) is 5.75 Å². The van der Waals surface area contributed by atoms with Gasteiger partial charge in [0, 0.05) is 12.0 Å². The van der Waals surface area contributed by atoms with Crippen LogP contribution in [0, 0.1) is 0 Å². The lowest BCUT2D eigenvalue weighted by molar-refractivity contribution is -0.189. The van der Waals surface area contributed by atoms with Crippen LogP contribution in [0.25, 0.3) is 0 Å². The average Bonchev–Trinajstić information content (AvgIpc) is 2.20. The van der Waals surface area contributed by atoms with Crippen molar-refractivity contribution in [3.63, 3.8) is 0 Å².